The highest BCUT2D eigenvalue weighted by Gasteiger charge is 2.13. The number of carbonyl (C=O) groups is 1. The van der Waals surface area contributed by atoms with Crippen LogP contribution in [-0.4, -0.2) is 25.8 Å². The van der Waals surface area contributed by atoms with Gasteiger partial charge in [0, 0.05) is 24.0 Å². The van der Waals surface area contributed by atoms with Gasteiger partial charge in [0.15, 0.2) is 5.76 Å². The average Bonchev–Trinajstić information content (AvgIpc) is 3.29. The molecule has 1 amide bonds. The number of amides is 1. The number of nitrogens with one attached hydrogen (secondary N) is 1. The van der Waals surface area contributed by atoms with Crippen LogP contribution in [0.3, 0.4) is 0 Å². The van der Waals surface area contributed by atoms with E-state index in [0.29, 0.717) is 21.6 Å². The Labute approximate surface area is 148 Å². The number of hydrogen-bond donors (Lipinski definition) is 1. The normalized spacial score (nSPS) is 11.3. The van der Waals surface area contributed by atoms with E-state index in [1.165, 1.54) is 24.7 Å². The van der Waals surface area contributed by atoms with Crippen molar-refractivity contribution < 1.29 is 18.1 Å². The number of nitrogens with zero attached hydrogens (tertiary/aromatic N) is 4. The minimum atomic E-state index is -2.72. The fourth-order valence-electron chi connectivity index (χ4n) is 2.27. The summed E-state index contributed by atoms with van der Waals surface area (Å²) in [5.74, 6) is 0.364. The van der Waals surface area contributed by atoms with Gasteiger partial charge in [-0.1, -0.05) is 19.0 Å². The van der Waals surface area contributed by atoms with Gasteiger partial charge in [-0.25, -0.2) is 4.68 Å². The monoisotopic (exact) mass is 361 g/mol. The van der Waals surface area contributed by atoms with E-state index in [-0.39, 0.29) is 18.2 Å². The molecular formula is C17H17F2N5O2. The van der Waals surface area contributed by atoms with E-state index in [9.17, 15) is 13.6 Å². The van der Waals surface area contributed by atoms with Crippen LogP contribution in [0.1, 0.15) is 48.3 Å². The third-order valence-corrected chi connectivity index (χ3v) is 3.72. The number of rotatable bonds is 6. The van der Waals surface area contributed by atoms with Crippen LogP contribution in [-0.2, 0) is 6.54 Å². The van der Waals surface area contributed by atoms with Crippen molar-refractivity contribution in [1.82, 2.24) is 25.2 Å². The van der Waals surface area contributed by atoms with E-state index >= 15 is 0 Å². The molecule has 3 heterocycles. The summed E-state index contributed by atoms with van der Waals surface area (Å²) in [4.78, 5) is 16.3. The van der Waals surface area contributed by atoms with Gasteiger partial charge in [0.05, 0.1) is 18.4 Å². The molecule has 3 rings (SSSR count). The van der Waals surface area contributed by atoms with Gasteiger partial charge in [0.25, 0.3) is 5.91 Å². The van der Waals surface area contributed by atoms with Gasteiger partial charge >= 0.3 is 6.55 Å². The van der Waals surface area contributed by atoms with Gasteiger partial charge in [0.1, 0.15) is 5.69 Å². The Hall–Kier alpha value is -3.10. The zero-order valence-electron chi connectivity index (χ0n) is 14.2. The van der Waals surface area contributed by atoms with Gasteiger partial charge in [-0.3, -0.25) is 9.78 Å². The van der Waals surface area contributed by atoms with Crippen molar-refractivity contribution in [2.24, 2.45) is 0 Å². The maximum absolute atomic E-state index is 12.6. The third-order valence-electron chi connectivity index (χ3n) is 3.72. The molecule has 7 nitrogen and oxygen atoms in total. The predicted octanol–water partition coefficient (Wildman–Crippen LogP) is 3.38. The summed E-state index contributed by atoms with van der Waals surface area (Å²) in [7, 11) is 0. The maximum Gasteiger partial charge on any atom is 0.333 e. The first-order valence-electron chi connectivity index (χ1n) is 7.96. The van der Waals surface area contributed by atoms with Crippen molar-refractivity contribution in [3.8, 4) is 11.1 Å². The molecule has 0 atom stereocenters. The number of alkyl halides is 2. The molecule has 0 aliphatic heterocycles. The highest BCUT2D eigenvalue weighted by molar-refractivity contribution is 5.93. The Balaban J connectivity index is 1.69. The zero-order chi connectivity index (χ0) is 18.7. The highest BCUT2D eigenvalue weighted by atomic mass is 19.3. The van der Waals surface area contributed by atoms with E-state index in [0.717, 1.165) is 5.69 Å². The molecule has 0 fully saturated rings. The van der Waals surface area contributed by atoms with Crippen LogP contribution in [0.25, 0.3) is 11.1 Å². The number of halogens is 2. The summed E-state index contributed by atoms with van der Waals surface area (Å²) >= 11 is 0. The molecule has 0 bridgehead atoms. The largest absolute Gasteiger partial charge is 0.359 e. The minimum Gasteiger partial charge on any atom is -0.359 e. The van der Waals surface area contributed by atoms with Crippen molar-refractivity contribution in [3.63, 3.8) is 0 Å². The number of carbonyl (C=O) groups excluding carboxylic acids is 1. The lowest BCUT2D eigenvalue weighted by atomic mass is 10.1. The van der Waals surface area contributed by atoms with Gasteiger partial charge in [0.2, 0.25) is 0 Å². The molecule has 0 radical (unpaired) electrons. The molecule has 0 unspecified atom stereocenters. The lowest BCUT2D eigenvalue weighted by Gasteiger charge is -2.04. The summed E-state index contributed by atoms with van der Waals surface area (Å²) in [6.07, 6.45) is 3.96. The van der Waals surface area contributed by atoms with Crippen molar-refractivity contribution in [2.75, 3.05) is 0 Å². The minimum absolute atomic E-state index is 0.163. The summed E-state index contributed by atoms with van der Waals surface area (Å²) in [6, 6.07) is 4.92. The van der Waals surface area contributed by atoms with E-state index in [2.05, 4.69) is 20.6 Å². The first-order chi connectivity index (χ1) is 12.4. The molecule has 0 spiro atoms. The lowest BCUT2D eigenvalue weighted by Crippen LogP contribution is -2.23. The third kappa shape index (κ3) is 3.93. The highest BCUT2D eigenvalue weighted by Crippen LogP contribution is 2.21. The molecule has 26 heavy (non-hydrogen) atoms. The predicted molar refractivity (Wildman–Crippen MR) is 88.5 cm³/mol. The molecule has 0 saturated carbocycles. The molecule has 3 aromatic rings. The first-order valence-corrected chi connectivity index (χ1v) is 7.96. The summed E-state index contributed by atoms with van der Waals surface area (Å²) in [5, 5.41) is 10.2. The quantitative estimate of drug-likeness (QED) is 0.727. The number of hydrogen-bond acceptors (Lipinski definition) is 5. The van der Waals surface area contributed by atoms with Crippen LogP contribution in [0.4, 0.5) is 8.78 Å². The van der Waals surface area contributed by atoms with Gasteiger partial charge in [-0.2, -0.15) is 13.9 Å². The molecule has 1 N–H and O–H groups in total. The lowest BCUT2D eigenvalue weighted by molar-refractivity contribution is 0.0566. The Morgan fingerprint density at radius 2 is 2.12 bits per heavy atom. The van der Waals surface area contributed by atoms with Crippen molar-refractivity contribution >= 4 is 5.91 Å². The fourth-order valence-corrected chi connectivity index (χ4v) is 2.27. The van der Waals surface area contributed by atoms with E-state index in [4.69, 9.17) is 4.52 Å². The standard InChI is InChI=1S/C17H17F2N5O2/c1-10(2)14-6-13(26-23-14)8-21-16(25)15-5-11(3-4-20-15)12-7-22-24(9-12)17(18)19/h3-7,9-10,17H,8H2,1-2H3,(H,21,25). The molecule has 0 aliphatic rings. The second-order valence-electron chi connectivity index (χ2n) is 5.97. The van der Waals surface area contributed by atoms with Crippen LogP contribution >= 0.6 is 0 Å². The van der Waals surface area contributed by atoms with Gasteiger partial charge < -0.3 is 9.84 Å². The molecule has 0 saturated heterocycles. The number of aromatic nitrogens is 4. The van der Waals surface area contributed by atoms with Crippen LogP contribution in [0, 0.1) is 0 Å². The summed E-state index contributed by atoms with van der Waals surface area (Å²) in [5.41, 5.74) is 2.01. The van der Waals surface area contributed by atoms with Crippen molar-refractivity contribution in [1.29, 1.82) is 0 Å². The smallest absolute Gasteiger partial charge is 0.333 e. The van der Waals surface area contributed by atoms with Crippen LogP contribution < -0.4 is 5.32 Å². The first kappa shape index (κ1) is 17.7. The molecule has 0 aromatic carbocycles. The topological polar surface area (TPSA) is 85.8 Å². The van der Waals surface area contributed by atoms with Crippen LogP contribution in [0.2, 0.25) is 0 Å². The summed E-state index contributed by atoms with van der Waals surface area (Å²) < 4.78 is 31.0. The second-order valence-corrected chi connectivity index (χ2v) is 5.97. The van der Waals surface area contributed by atoms with Crippen LogP contribution in [0.15, 0.2) is 41.3 Å². The van der Waals surface area contributed by atoms with Crippen LogP contribution in [0.5, 0.6) is 0 Å². The Morgan fingerprint density at radius 3 is 2.77 bits per heavy atom. The zero-order valence-corrected chi connectivity index (χ0v) is 14.2. The Bertz CT molecular complexity index is 904. The molecule has 3 aromatic heterocycles. The second kappa shape index (κ2) is 7.42. The molecule has 136 valence electrons. The fraction of sp³-hybridized carbons (Fsp3) is 0.294. The van der Waals surface area contributed by atoms with Gasteiger partial charge in [-0.15, -0.1) is 0 Å². The van der Waals surface area contributed by atoms with E-state index in [1.54, 1.807) is 12.1 Å². The number of pyridine rings is 1. The van der Waals surface area contributed by atoms with Crippen molar-refractivity contribution in [3.05, 3.63) is 53.9 Å². The molecule has 0 aliphatic carbocycles. The van der Waals surface area contributed by atoms with E-state index in [1.807, 2.05) is 13.8 Å². The maximum atomic E-state index is 12.6. The Morgan fingerprint density at radius 1 is 1.31 bits per heavy atom. The SMILES string of the molecule is CC(C)c1cc(CNC(=O)c2cc(-c3cnn(C(F)F)c3)ccn2)on1. The van der Waals surface area contributed by atoms with Gasteiger partial charge in [-0.05, 0) is 23.6 Å². The summed E-state index contributed by atoms with van der Waals surface area (Å²) in [6.45, 7) is 1.44. The average molecular weight is 361 g/mol. The molecule has 9 heteroatoms. The van der Waals surface area contributed by atoms with E-state index < -0.39 is 12.5 Å². The Kier molecular flexibility index (Phi) is 5.06. The molecular weight excluding hydrogens is 344 g/mol. The van der Waals surface area contributed by atoms with Crippen molar-refractivity contribution in [2.45, 2.75) is 32.9 Å².